The first-order valence-corrected chi connectivity index (χ1v) is 7.54. The zero-order valence-electron chi connectivity index (χ0n) is 12.2. The van der Waals surface area contributed by atoms with Gasteiger partial charge in [0.1, 0.15) is 5.75 Å². The second-order valence-electron chi connectivity index (χ2n) is 5.69. The molecule has 1 aromatic carbocycles. The van der Waals surface area contributed by atoms with E-state index in [0.29, 0.717) is 6.04 Å². The van der Waals surface area contributed by atoms with Crippen LogP contribution >= 0.6 is 0 Å². The first kappa shape index (κ1) is 13.9. The number of para-hydroxylation sites is 1. The number of hydrogen-bond donors (Lipinski definition) is 1. The van der Waals surface area contributed by atoms with E-state index in [-0.39, 0.29) is 0 Å². The van der Waals surface area contributed by atoms with E-state index in [9.17, 15) is 0 Å². The molecule has 4 heteroatoms. The van der Waals surface area contributed by atoms with Gasteiger partial charge in [-0.3, -0.25) is 4.90 Å². The number of methoxy groups -OCH3 is 1. The summed E-state index contributed by atoms with van der Waals surface area (Å²) in [7, 11) is 1.74. The minimum atomic E-state index is 0.467. The van der Waals surface area contributed by atoms with Gasteiger partial charge in [0, 0.05) is 37.3 Å². The van der Waals surface area contributed by atoms with Crippen LogP contribution in [-0.2, 0) is 11.3 Å². The number of ether oxygens (including phenoxy) is 2. The SMILES string of the molecule is COc1ccccc1CN1CCOCC1CNC1CC1. The molecule has 20 heavy (non-hydrogen) atoms. The summed E-state index contributed by atoms with van der Waals surface area (Å²) in [5, 5.41) is 3.62. The van der Waals surface area contributed by atoms with Gasteiger partial charge in [0.2, 0.25) is 0 Å². The molecule has 1 unspecified atom stereocenters. The molecule has 1 aromatic rings. The number of benzene rings is 1. The van der Waals surface area contributed by atoms with E-state index in [1.165, 1.54) is 18.4 Å². The highest BCUT2D eigenvalue weighted by atomic mass is 16.5. The van der Waals surface area contributed by atoms with E-state index < -0.39 is 0 Å². The highest BCUT2D eigenvalue weighted by Crippen LogP contribution is 2.22. The molecule has 2 aliphatic rings. The molecule has 0 aromatic heterocycles. The summed E-state index contributed by atoms with van der Waals surface area (Å²) in [6, 6.07) is 9.51. The number of nitrogens with one attached hydrogen (secondary N) is 1. The predicted octanol–water partition coefficient (Wildman–Crippen LogP) is 1.65. The van der Waals surface area contributed by atoms with Gasteiger partial charge in [-0.2, -0.15) is 0 Å². The van der Waals surface area contributed by atoms with Gasteiger partial charge in [0.25, 0.3) is 0 Å². The van der Waals surface area contributed by atoms with Crippen LogP contribution in [0, 0.1) is 0 Å². The normalized spacial score (nSPS) is 23.8. The molecule has 3 rings (SSSR count). The molecule has 0 radical (unpaired) electrons. The van der Waals surface area contributed by atoms with E-state index in [0.717, 1.165) is 44.6 Å². The van der Waals surface area contributed by atoms with E-state index >= 15 is 0 Å². The number of rotatable bonds is 6. The molecule has 1 heterocycles. The van der Waals surface area contributed by atoms with Crippen LogP contribution in [0.5, 0.6) is 5.75 Å². The van der Waals surface area contributed by atoms with Crippen molar-refractivity contribution in [2.75, 3.05) is 33.4 Å². The Bertz CT molecular complexity index is 434. The number of hydrogen-bond acceptors (Lipinski definition) is 4. The van der Waals surface area contributed by atoms with Gasteiger partial charge in [0.05, 0.1) is 20.3 Å². The van der Waals surface area contributed by atoms with E-state index in [4.69, 9.17) is 9.47 Å². The average Bonchev–Trinajstić information content (AvgIpc) is 3.31. The van der Waals surface area contributed by atoms with Crippen LogP contribution in [0.3, 0.4) is 0 Å². The minimum absolute atomic E-state index is 0.467. The molecule has 0 bridgehead atoms. The maximum absolute atomic E-state index is 5.65. The zero-order valence-corrected chi connectivity index (χ0v) is 12.2. The van der Waals surface area contributed by atoms with Crippen LogP contribution in [0.25, 0.3) is 0 Å². The standard InChI is InChI=1S/C16H24N2O2/c1-19-16-5-3-2-4-13(16)11-18-8-9-20-12-15(18)10-17-14-6-7-14/h2-5,14-15,17H,6-12H2,1H3. The molecule has 110 valence electrons. The first-order valence-electron chi connectivity index (χ1n) is 7.54. The van der Waals surface area contributed by atoms with Gasteiger partial charge in [-0.05, 0) is 18.9 Å². The van der Waals surface area contributed by atoms with E-state index in [2.05, 4.69) is 22.3 Å². The minimum Gasteiger partial charge on any atom is -0.496 e. The summed E-state index contributed by atoms with van der Waals surface area (Å²) in [4.78, 5) is 2.51. The Morgan fingerprint density at radius 2 is 2.20 bits per heavy atom. The maximum Gasteiger partial charge on any atom is 0.123 e. The monoisotopic (exact) mass is 276 g/mol. The fraction of sp³-hybridized carbons (Fsp3) is 0.625. The Morgan fingerprint density at radius 3 is 3.00 bits per heavy atom. The molecule has 1 saturated carbocycles. The van der Waals surface area contributed by atoms with Crippen molar-refractivity contribution >= 4 is 0 Å². The van der Waals surface area contributed by atoms with Crippen molar-refractivity contribution in [1.29, 1.82) is 0 Å². The van der Waals surface area contributed by atoms with E-state index in [1.54, 1.807) is 7.11 Å². The van der Waals surface area contributed by atoms with Crippen LogP contribution in [0.4, 0.5) is 0 Å². The molecular formula is C16H24N2O2. The van der Waals surface area contributed by atoms with Crippen LogP contribution in [0.2, 0.25) is 0 Å². The Morgan fingerprint density at radius 1 is 1.35 bits per heavy atom. The number of morpholine rings is 1. The van der Waals surface area contributed by atoms with Gasteiger partial charge in [-0.1, -0.05) is 18.2 Å². The smallest absolute Gasteiger partial charge is 0.123 e. The van der Waals surface area contributed by atoms with Crippen molar-refractivity contribution < 1.29 is 9.47 Å². The summed E-state index contributed by atoms with van der Waals surface area (Å²) in [6.45, 7) is 4.61. The van der Waals surface area contributed by atoms with Crippen LogP contribution in [0.15, 0.2) is 24.3 Å². The molecule has 1 aliphatic carbocycles. The van der Waals surface area contributed by atoms with Crippen molar-refractivity contribution in [3.8, 4) is 5.75 Å². The molecule has 1 aliphatic heterocycles. The lowest BCUT2D eigenvalue weighted by atomic mass is 10.1. The Labute approximate surface area is 121 Å². The van der Waals surface area contributed by atoms with Crippen LogP contribution in [-0.4, -0.2) is 50.4 Å². The first-order chi connectivity index (χ1) is 9.86. The van der Waals surface area contributed by atoms with Crippen LogP contribution in [0.1, 0.15) is 18.4 Å². The van der Waals surface area contributed by atoms with Gasteiger partial charge < -0.3 is 14.8 Å². The van der Waals surface area contributed by atoms with Gasteiger partial charge in [0.15, 0.2) is 0 Å². The third-order valence-corrected chi connectivity index (χ3v) is 4.13. The molecule has 1 saturated heterocycles. The van der Waals surface area contributed by atoms with E-state index in [1.807, 2.05) is 12.1 Å². The van der Waals surface area contributed by atoms with Crippen LogP contribution < -0.4 is 10.1 Å². The van der Waals surface area contributed by atoms with Gasteiger partial charge in [-0.15, -0.1) is 0 Å². The van der Waals surface area contributed by atoms with Gasteiger partial charge >= 0.3 is 0 Å². The molecule has 1 N–H and O–H groups in total. The summed E-state index contributed by atoms with van der Waals surface area (Å²) in [5.74, 6) is 0.980. The second-order valence-corrected chi connectivity index (χ2v) is 5.69. The molecule has 2 fully saturated rings. The molecule has 1 atom stereocenters. The summed E-state index contributed by atoms with van der Waals surface area (Å²) < 4.78 is 11.1. The summed E-state index contributed by atoms with van der Waals surface area (Å²) >= 11 is 0. The lowest BCUT2D eigenvalue weighted by Crippen LogP contribution is -2.50. The van der Waals surface area contributed by atoms with Crippen molar-refractivity contribution in [1.82, 2.24) is 10.2 Å². The molecule has 0 amide bonds. The molecule has 4 nitrogen and oxygen atoms in total. The van der Waals surface area contributed by atoms with Crippen molar-refractivity contribution in [3.63, 3.8) is 0 Å². The number of nitrogens with zero attached hydrogens (tertiary/aromatic N) is 1. The highest BCUT2D eigenvalue weighted by molar-refractivity contribution is 5.33. The topological polar surface area (TPSA) is 33.7 Å². The predicted molar refractivity (Wildman–Crippen MR) is 79.0 cm³/mol. The third-order valence-electron chi connectivity index (χ3n) is 4.13. The van der Waals surface area contributed by atoms with Crippen molar-refractivity contribution in [2.45, 2.75) is 31.5 Å². The highest BCUT2D eigenvalue weighted by Gasteiger charge is 2.27. The fourth-order valence-electron chi connectivity index (χ4n) is 2.73. The molecular weight excluding hydrogens is 252 g/mol. The summed E-state index contributed by atoms with van der Waals surface area (Å²) in [5.41, 5.74) is 1.26. The average molecular weight is 276 g/mol. The van der Waals surface area contributed by atoms with Gasteiger partial charge in [-0.25, -0.2) is 0 Å². The summed E-state index contributed by atoms with van der Waals surface area (Å²) in [6.07, 6.45) is 2.67. The van der Waals surface area contributed by atoms with Crippen molar-refractivity contribution in [3.05, 3.63) is 29.8 Å². The fourth-order valence-corrected chi connectivity index (χ4v) is 2.73. The maximum atomic E-state index is 5.65. The Balaban J connectivity index is 1.62. The Kier molecular flexibility index (Phi) is 4.55. The Hall–Kier alpha value is -1.10. The largest absolute Gasteiger partial charge is 0.496 e. The molecule has 0 spiro atoms. The zero-order chi connectivity index (χ0) is 13.8. The lowest BCUT2D eigenvalue weighted by molar-refractivity contribution is -0.0113. The third kappa shape index (κ3) is 3.51. The second kappa shape index (κ2) is 6.57. The lowest BCUT2D eigenvalue weighted by Gasteiger charge is -2.36. The van der Waals surface area contributed by atoms with Crippen molar-refractivity contribution in [2.24, 2.45) is 0 Å². The quantitative estimate of drug-likeness (QED) is 0.856.